The van der Waals surface area contributed by atoms with Gasteiger partial charge in [-0.1, -0.05) is 37.6 Å². The normalized spacial score (nSPS) is 19.8. The highest BCUT2D eigenvalue weighted by atomic mass is 35.5. The Balaban J connectivity index is 2.06. The van der Waals surface area contributed by atoms with Crippen LogP contribution in [0.15, 0.2) is 24.3 Å². The highest BCUT2D eigenvalue weighted by molar-refractivity contribution is 7.80. The quantitative estimate of drug-likeness (QED) is 0.664. The molecule has 1 amide bonds. The van der Waals surface area contributed by atoms with Crippen LogP contribution < -0.4 is 0 Å². The number of ether oxygens (including phenoxy) is 1. The molecule has 0 saturated carbocycles. The third kappa shape index (κ3) is 3.90. The van der Waals surface area contributed by atoms with Crippen molar-refractivity contribution >= 4 is 47.5 Å². The average molecular weight is 344 g/mol. The van der Waals surface area contributed by atoms with Gasteiger partial charge in [0.15, 0.2) is 0 Å². The molecule has 0 unspecified atom stereocenters. The van der Waals surface area contributed by atoms with Crippen LogP contribution in [0.2, 0.25) is 5.02 Å². The molecule has 0 N–H and O–H groups in total. The molecule has 1 saturated heterocycles. The molecule has 2 atom stereocenters. The first-order valence-electron chi connectivity index (χ1n) is 6.82. The van der Waals surface area contributed by atoms with Crippen molar-refractivity contribution in [2.75, 3.05) is 6.61 Å². The molecule has 1 fully saturated rings. The molecule has 0 spiro atoms. The van der Waals surface area contributed by atoms with Gasteiger partial charge in [0.1, 0.15) is 6.61 Å². The maximum Gasteiger partial charge on any atom is 0.266 e. The summed E-state index contributed by atoms with van der Waals surface area (Å²) < 4.78 is 5.36. The second kappa shape index (κ2) is 6.99. The Morgan fingerprint density at radius 3 is 2.67 bits per heavy atom. The lowest BCUT2D eigenvalue weighted by Gasteiger charge is -2.25. The molecule has 2 rings (SSSR count). The second-order valence-corrected chi connectivity index (χ2v) is 6.83. The van der Waals surface area contributed by atoms with Crippen molar-refractivity contribution in [3.05, 3.63) is 34.9 Å². The summed E-state index contributed by atoms with van der Waals surface area (Å²) in [6, 6.07) is 7.37. The van der Waals surface area contributed by atoms with E-state index in [0.29, 0.717) is 17.5 Å². The second-order valence-electron chi connectivity index (χ2n) is 5.42. The van der Waals surface area contributed by atoms with Gasteiger partial charge >= 0.3 is 0 Å². The van der Waals surface area contributed by atoms with Gasteiger partial charge in [0.25, 0.3) is 5.17 Å². The van der Waals surface area contributed by atoms with Crippen molar-refractivity contribution in [1.82, 2.24) is 4.90 Å². The zero-order valence-electron chi connectivity index (χ0n) is 12.0. The van der Waals surface area contributed by atoms with Gasteiger partial charge in [-0.2, -0.15) is 12.6 Å². The maximum absolute atomic E-state index is 12.5. The highest BCUT2D eigenvalue weighted by Gasteiger charge is 2.37. The van der Waals surface area contributed by atoms with Crippen molar-refractivity contribution in [3.8, 4) is 0 Å². The first-order valence-corrected chi connectivity index (χ1v) is 8.12. The van der Waals surface area contributed by atoms with Crippen LogP contribution >= 0.6 is 36.4 Å². The SMILES string of the molecule is CC(C)[C@H]1COC(=S)N1C(=O)C[C@H](S)c1ccc(Cl)cc1. The summed E-state index contributed by atoms with van der Waals surface area (Å²) in [5.41, 5.74) is 0.961. The largest absolute Gasteiger partial charge is 0.468 e. The summed E-state index contributed by atoms with van der Waals surface area (Å²) in [4.78, 5) is 14.1. The van der Waals surface area contributed by atoms with E-state index in [4.69, 9.17) is 28.6 Å². The number of benzene rings is 1. The molecule has 3 nitrogen and oxygen atoms in total. The van der Waals surface area contributed by atoms with E-state index in [9.17, 15) is 4.79 Å². The minimum Gasteiger partial charge on any atom is -0.468 e. The first kappa shape index (κ1) is 16.6. The van der Waals surface area contributed by atoms with Crippen molar-refractivity contribution in [2.24, 2.45) is 5.92 Å². The predicted molar refractivity (Wildman–Crippen MR) is 91.8 cm³/mol. The van der Waals surface area contributed by atoms with E-state index in [0.717, 1.165) is 5.56 Å². The Morgan fingerprint density at radius 2 is 2.10 bits per heavy atom. The van der Waals surface area contributed by atoms with Crippen LogP contribution in [0.4, 0.5) is 0 Å². The van der Waals surface area contributed by atoms with Gasteiger partial charge < -0.3 is 4.74 Å². The molecule has 114 valence electrons. The smallest absolute Gasteiger partial charge is 0.266 e. The number of rotatable bonds is 4. The molecule has 1 aromatic rings. The number of halogens is 1. The Hall–Kier alpha value is -0.780. The van der Waals surface area contributed by atoms with Gasteiger partial charge in [0.05, 0.1) is 6.04 Å². The number of thiocarbonyl (C=S) groups is 1. The standard InChI is InChI=1S/C15H18ClNO2S2/c1-9(2)12-8-19-15(21)17(12)14(18)7-13(20)10-3-5-11(16)6-4-10/h3-6,9,12-13,20H,7-8H2,1-2H3/t12-,13+/m1/s1. The maximum atomic E-state index is 12.5. The molecule has 1 aliphatic heterocycles. The summed E-state index contributed by atoms with van der Waals surface area (Å²) in [5, 5.41) is 0.751. The molecule has 0 bridgehead atoms. The molecule has 21 heavy (non-hydrogen) atoms. The summed E-state index contributed by atoms with van der Waals surface area (Å²) in [5.74, 6) is 0.245. The van der Waals surface area contributed by atoms with Crippen molar-refractivity contribution in [1.29, 1.82) is 0 Å². The van der Waals surface area contributed by atoms with Crippen LogP contribution in [0.5, 0.6) is 0 Å². The lowest BCUT2D eigenvalue weighted by atomic mass is 10.0. The van der Waals surface area contributed by atoms with E-state index in [1.165, 1.54) is 0 Å². The number of hydrogen-bond acceptors (Lipinski definition) is 4. The number of amides is 1. The van der Waals surface area contributed by atoms with Gasteiger partial charge in [0, 0.05) is 16.7 Å². The van der Waals surface area contributed by atoms with Crippen LogP contribution in [0.3, 0.4) is 0 Å². The molecule has 0 aliphatic carbocycles. The van der Waals surface area contributed by atoms with E-state index in [-0.39, 0.29) is 28.8 Å². The van der Waals surface area contributed by atoms with Crippen molar-refractivity contribution in [3.63, 3.8) is 0 Å². The summed E-state index contributed by atoms with van der Waals surface area (Å²) >= 11 is 15.5. The molecule has 0 aromatic heterocycles. The fourth-order valence-corrected chi connectivity index (χ4v) is 3.04. The molecular weight excluding hydrogens is 326 g/mol. The minimum atomic E-state index is -0.189. The van der Waals surface area contributed by atoms with E-state index in [2.05, 4.69) is 26.5 Å². The Kier molecular flexibility index (Phi) is 5.52. The van der Waals surface area contributed by atoms with Crippen LogP contribution in [-0.4, -0.2) is 28.6 Å². The predicted octanol–water partition coefficient (Wildman–Crippen LogP) is 3.87. The molecule has 1 aliphatic rings. The first-order chi connectivity index (χ1) is 9.90. The van der Waals surface area contributed by atoms with Crippen LogP contribution in [0, 0.1) is 5.92 Å². The third-order valence-electron chi connectivity index (χ3n) is 3.57. The Labute approximate surface area is 141 Å². The average Bonchev–Trinajstić information content (AvgIpc) is 2.81. The zero-order valence-corrected chi connectivity index (χ0v) is 14.4. The van der Waals surface area contributed by atoms with E-state index in [1.807, 2.05) is 12.1 Å². The number of thiol groups is 1. The van der Waals surface area contributed by atoms with Gasteiger partial charge in [-0.05, 0) is 35.8 Å². The fraction of sp³-hybridized carbons (Fsp3) is 0.467. The lowest BCUT2D eigenvalue weighted by molar-refractivity contribution is -0.128. The summed E-state index contributed by atoms with van der Waals surface area (Å²) in [7, 11) is 0. The van der Waals surface area contributed by atoms with Crippen molar-refractivity contribution < 1.29 is 9.53 Å². The molecule has 1 heterocycles. The minimum absolute atomic E-state index is 0.00995. The van der Waals surface area contributed by atoms with Gasteiger partial charge in [-0.15, -0.1) is 0 Å². The van der Waals surface area contributed by atoms with E-state index < -0.39 is 0 Å². The number of hydrogen-bond donors (Lipinski definition) is 1. The molecule has 6 heteroatoms. The van der Waals surface area contributed by atoms with Gasteiger partial charge in [-0.25, -0.2) is 0 Å². The lowest BCUT2D eigenvalue weighted by Crippen LogP contribution is -2.41. The molecular formula is C15H18ClNO2S2. The summed E-state index contributed by atoms with van der Waals surface area (Å²) in [6.07, 6.45) is 0.275. The summed E-state index contributed by atoms with van der Waals surface area (Å²) in [6.45, 7) is 4.58. The van der Waals surface area contributed by atoms with Crippen LogP contribution in [0.1, 0.15) is 31.1 Å². The third-order valence-corrected chi connectivity index (χ3v) is 4.61. The van der Waals surface area contributed by atoms with Crippen LogP contribution in [-0.2, 0) is 9.53 Å². The Morgan fingerprint density at radius 1 is 1.48 bits per heavy atom. The molecule has 0 radical (unpaired) electrons. The van der Waals surface area contributed by atoms with E-state index in [1.54, 1.807) is 17.0 Å². The van der Waals surface area contributed by atoms with Gasteiger partial charge in [-0.3, -0.25) is 9.69 Å². The van der Waals surface area contributed by atoms with Crippen molar-refractivity contribution in [2.45, 2.75) is 31.6 Å². The highest BCUT2D eigenvalue weighted by Crippen LogP contribution is 2.28. The number of carbonyl (C=O) groups is 1. The van der Waals surface area contributed by atoms with Gasteiger partial charge in [0.2, 0.25) is 5.91 Å². The number of nitrogens with zero attached hydrogens (tertiary/aromatic N) is 1. The fourth-order valence-electron chi connectivity index (χ4n) is 2.28. The Bertz CT molecular complexity index is 533. The topological polar surface area (TPSA) is 29.5 Å². The van der Waals surface area contributed by atoms with Crippen LogP contribution in [0.25, 0.3) is 0 Å². The number of carbonyl (C=O) groups excluding carboxylic acids is 1. The molecule has 1 aromatic carbocycles. The zero-order chi connectivity index (χ0) is 15.6. The monoisotopic (exact) mass is 343 g/mol. The van der Waals surface area contributed by atoms with E-state index >= 15 is 0 Å².